The van der Waals surface area contributed by atoms with Crippen LogP contribution < -0.4 is 10.3 Å². The van der Waals surface area contributed by atoms with E-state index in [1.165, 1.54) is 18.3 Å². The zero-order valence-corrected chi connectivity index (χ0v) is 16.8. The van der Waals surface area contributed by atoms with Gasteiger partial charge in [-0.1, -0.05) is 18.2 Å². The van der Waals surface area contributed by atoms with Crippen LogP contribution in [-0.2, 0) is 4.74 Å². The number of anilines is 2. The molecule has 2 saturated heterocycles. The first-order chi connectivity index (χ1) is 15.2. The maximum absolute atomic E-state index is 10.3. The number of fused-ring (bicyclic) bond motifs is 1. The molecule has 4 atom stereocenters. The van der Waals surface area contributed by atoms with Crippen LogP contribution in [0.4, 0.5) is 11.5 Å². The van der Waals surface area contributed by atoms with Crippen molar-refractivity contribution in [1.29, 1.82) is 0 Å². The summed E-state index contributed by atoms with van der Waals surface area (Å²) >= 11 is 0. The summed E-state index contributed by atoms with van der Waals surface area (Å²) in [5.74, 6) is 0.559. The minimum atomic E-state index is -1.20. The van der Waals surface area contributed by atoms with Crippen LogP contribution >= 0.6 is 0 Å². The van der Waals surface area contributed by atoms with Crippen molar-refractivity contribution in [2.45, 2.75) is 24.5 Å². The molecule has 0 aliphatic carbocycles. The van der Waals surface area contributed by atoms with Gasteiger partial charge in [0.05, 0.1) is 12.9 Å². The molecule has 2 aliphatic rings. The molecule has 2 aliphatic heterocycles. The summed E-state index contributed by atoms with van der Waals surface area (Å²) in [6.07, 6.45) is -1.23. The normalized spacial score (nSPS) is 27.1. The number of aliphatic hydroxyl groups is 3. The van der Waals surface area contributed by atoms with E-state index >= 15 is 0 Å². The van der Waals surface area contributed by atoms with E-state index in [0.717, 1.165) is 26.2 Å². The number of imidazole rings is 1. The lowest BCUT2D eigenvalue weighted by Crippen LogP contribution is -2.48. The van der Waals surface area contributed by atoms with E-state index in [0.29, 0.717) is 17.0 Å². The molecule has 2 fully saturated rings. The molecule has 0 saturated carbocycles. The maximum Gasteiger partial charge on any atom is 0.172 e. The molecule has 164 valence electrons. The van der Waals surface area contributed by atoms with Crippen LogP contribution in [0.15, 0.2) is 43.0 Å². The Morgan fingerprint density at radius 3 is 2.48 bits per heavy atom. The molecule has 4 heterocycles. The third-order valence-corrected chi connectivity index (χ3v) is 5.82. The zero-order valence-electron chi connectivity index (χ0n) is 16.8. The summed E-state index contributed by atoms with van der Waals surface area (Å²) in [5, 5.41) is 31.8. The molecular weight excluding hydrogens is 402 g/mol. The third kappa shape index (κ3) is 3.70. The number of aromatic nitrogens is 4. The Balaban J connectivity index is 1.31. The van der Waals surface area contributed by atoms with Crippen molar-refractivity contribution < 1.29 is 20.1 Å². The molecule has 11 heteroatoms. The fourth-order valence-corrected chi connectivity index (χ4v) is 4.09. The average Bonchev–Trinajstić information content (AvgIpc) is 3.36. The highest BCUT2D eigenvalue weighted by Gasteiger charge is 2.44. The molecule has 0 unspecified atom stereocenters. The molecule has 0 spiro atoms. The lowest BCUT2D eigenvalue weighted by atomic mass is 10.1. The van der Waals surface area contributed by atoms with Gasteiger partial charge in [0.25, 0.3) is 0 Å². The molecule has 0 radical (unpaired) electrons. The van der Waals surface area contributed by atoms with Crippen LogP contribution in [0.1, 0.15) is 6.23 Å². The Bertz CT molecular complexity index is 1020. The van der Waals surface area contributed by atoms with Gasteiger partial charge in [0.2, 0.25) is 0 Å². The summed E-state index contributed by atoms with van der Waals surface area (Å²) in [6.45, 7) is 2.97. The molecule has 5 rings (SSSR count). The van der Waals surface area contributed by atoms with Gasteiger partial charge in [-0.2, -0.15) is 0 Å². The first kappa shape index (κ1) is 20.1. The van der Waals surface area contributed by atoms with Crippen LogP contribution in [0, 0.1) is 0 Å². The average molecular weight is 427 g/mol. The number of aliphatic hydroxyl groups excluding tert-OH is 3. The standard InChI is InChI=1S/C20H25N7O4/c28-10-14-16(29)17(30)20(31-14)27-12-23-15-18(21-11-22-19(15)27)24-26-8-6-25(7-9-26)13-4-2-1-3-5-13/h1-5,11-12,14,16-17,20,28-30H,6-10H2,(H,21,22,24)/t14-,16-,17-,20-/m1/s1. The van der Waals surface area contributed by atoms with Crippen molar-refractivity contribution in [3.05, 3.63) is 43.0 Å². The SMILES string of the molecule is OC[C@H]1O[C@@H](n2cnc3c(NN4CCN(c5ccccc5)CC4)ncnc32)[C@H](O)[C@@H]1O. The Labute approximate surface area is 178 Å². The van der Waals surface area contributed by atoms with Gasteiger partial charge in [0.15, 0.2) is 23.2 Å². The van der Waals surface area contributed by atoms with Gasteiger partial charge >= 0.3 is 0 Å². The number of hydrogen-bond donors (Lipinski definition) is 4. The van der Waals surface area contributed by atoms with Crippen molar-refractivity contribution in [3.8, 4) is 0 Å². The first-order valence-electron chi connectivity index (χ1n) is 10.3. The van der Waals surface area contributed by atoms with E-state index in [9.17, 15) is 15.3 Å². The van der Waals surface area contributed by atoms with E-state index in [1.807, 2.05) is 18.2 Å². The number of rotatable bonds is 5. The van der Waals surface area contributed by atoms with Crippen molar-refractivity contribution in [1.82, 2.24) is 24.5 Å². The summed E-state index contributed by atoms with van der Waals surface area (Å²) in [7, 11) is 0. The van der Waals surface area contributed by atoms with Crippen LogP contribution in [0.2, 0.25) is 0 Å². The topological polar surface area (TPSA) is 132 Å². The number of para-hydroxylation sites is 1. The van der Waals surface area contributed by atoms with Gasteiger partial charge in [0.1, 0.15) is 24.6 Å². The van der Waals surface area contributed by atoms with Crippen molar-refractivity contribution in [3.63, 3.8) is 0 Å². The number of ether oxygens (including phenoxy) is 1. The van der Waals surface area contributed by atoms with Crippen LogP contribution in [-0.4, -0.2) is 90.9 Å². The minimum Gasteiger partial charge on any atom is -0.394 e. The molecule has 0 amide bonds. The fourth-order valence-electron chi connectivity index (χ4n) is 4.09. The second kappa shape index (κ2) is 8.36. The smallest absolute Gasteiger partial charge is 0.172 e. The van der Waals surface area contributed by atoms with Crippen molar-refractivity contribution in [2.24, 2.45) is 0 Å². The first-order valence-corrected chi connectivity index (χ1v) is 10.3. The predicted molar refractivity (Wildman–Crippen MR) is 112 cm³/mol. The zero-order chi connectivity index (χ0) is 21.4. The highest BCUT2D eigenvalue weighted by atomic mass is 16.6. The number of piperazine rings is 1. The lowest BCUT2D eigenvalue weighted by molar-refractivity contribution is -0.0511. The summed E-state index contributed by atoms with van der Waals surface area (Å²) in [5.41, 5.74) is 5.54. The van der Waals surface area contributed by atoms with E-state index in [1.54, 1.807) is 4.57 Å². The van der Waals surface area contributed by atoms with E-state index in [-0.39, 0.29) is 0 Å². The van der Waals surface area contributed by atoms with Gasteiger partial charge in [-0.25, -0.2) is 20.0 Å². The number of nitrogens with zero attached hydrogens (tertiary/aromatic N) is 6. The number of nitrogens with one attached hydrogen (secondary N) is 1. The molecule has 31 heavy (non-hydrogen) atoms. The van der Waals surface area contributed by atoms with Gasteiger partial charge in [-0.3, -0.25) is 4.57 Å². The highest BCUT2D eigenvalue weighted by molar-refractivity contribution is 5.82. The fraction of sp³-hybridized carbons (Fsp3) is 0.450. The van der Waals surface area contributed by atoms with E-state index in [2.05, 4.69) is 42.4 Å². The summed E-state index contributed by atoms with van der Waals surface area (Å²) in [6, 6.07) is 10.3. The molecular formula is C20H25N7O4. The number of hydrogen-bond acceptors (Lipinski definition) is 10. The predicted octanol–water partition coefficient (Wildman–Crippen LogP) is -0.413. The van der Waals surface area contributed by atoms with Gasteiger partial charge < -0.3 is 30.4 Å². The van der Waals surface area contributed by atoms with Crippen LogP contribution in [0.5, 0.6) is 0 Å². The molecule has 1 aromatic carbocycles. The van der Waals surface area contributed by atoms with E-state index < -0.39 is 31.1 Å². The Kier molecular flexibility index (Phi) is 5.42. The third-order valence-electron chi connectivity index (χ3n) is 5.82. The van der Waals surface area contributed by atoms with E-state index in [4.69, 9.17) is 4.74 Å². The van der Waals surface area contributed by atoms with Crippen LogP contribution in [0.3, 0.4) is 0 Å². The van der Waals surface area contributed by atoms with Crippen molar-refractivity contribution in [2.75, 3.05) is 43.1 Å². The van der Waals surface area contributed by atoms with Crippen molar-refractivity contribution >= 4 is 22.7 Å². The Morgan fingerprint density at radius 2 is 1.77 bits per heavy atom. The molecule has 4 N–H and O–H groups in total. The quantitative estimate of drug-likeness (QED) is 0.426. The van der Waals surface area contributed by atoms with Gasteiger partial charge in [-0.15, -0.1) is 0 Å². The second-order valence-electron chi connectivity index (χ2n) is 7.70. The Morgan fingerprint density at radius 1 is 1.00 bits per heavy atom. The monoisotopic (exact) mass is 427 g/mol. The number of benzene rings is 1. The summed E-state index contributed by atoms with van der Waals surface area (Å²) < 4.78 is 7.16. The molecule has 0 bridgehead atoms. The molecule has 11 nitrogen and oxygen atoms in total. The van der Waals surface area contributed by atoms with Gasteiger partial charge in [0, 0.05) is 31.9 Å². The highest BCUT2D eigenvalue weighted by Crippen LogP contribution is 2.32. The largest absolute Gasteiger partial charge is 0.394 e. The number of hydrazine groups is 1. The summed E-state index contributed by atoms with van der Waals surface area (Å²) in [4.78, 5) is 15.4. The molecule has 2 aromatic heterocycles. The lowest BCUT2D eigenvalue weighted by Gasteiger charge is -2.36. The Hall–Kier alpha value is -2.83. The molecule has 3 aromatic rings. The second-order valence-corrected chi connectivity index (χ2v) is 7.70. The maximum atomic E-state index is 10.3. The van der Waals surface area contributed by atoms with Gasteiger partial charge in [-0.05, 0) is 12.1 Å². The minimum absolute atomic E-state index is 0.391. The van der Waals surface area contributed by atoms with Crippen LogP contribution in [0.25, 0.3) is 11.2 Å².